The first-order valence-corrected chi connectivity index (χ1v) is 10.1. The Hall–Kier alpha value is -1.44. The minimum Gasteiger partial charge on any atom is -0.463 e. The van der Waals surface area contributed by atoms with Crippen molar-refractivity contribution >= 4 is 16.1 Å². The Bertz CT molecular complexity index is 585. The molecule has 0 radical (unpaired) electrons. The Kier molecular flexibility index (Phi) is 10.4. The van der Waals surface area contributed by atoms with Gasteiger partial charge in [-0.2, -0.15) is 8.42 Å². The lowest BCUT2D eigenvalue weighted by Gasteiger charge is -2.13. The van der Waals surface area contributed by atoms with Crippen LogP contribution < -0.4 is 0 Å². The summed E-state index contributed by atoms with van der Waals surface area (Å²) in [7, 11) is -3.76. The number of hydrogen-bond acceptors (Lipinski definition) is 6. The molecule has 0 saturated heterocycles. The number of unbranched alkanes of at least 4 members (excludes halogenated alkanes) is 1. The second-order valence-corrected chi connectivity index (χ2v) is 7.23. The van der Waals surface area contributed by atoms with Crippen LogP contribution in [-0.4, -0.2) is 40.8 Å². The van der Waals surface area contributed by atoms with Gasteiger partial charge in [-0.15, -0.1) is 0 Å². The van der Waals surface area contributed by atoms with Gasteiger partial charge in [0.05, 0.1) is 30.6 Å². The van der Waals surface area contributed by atoms with E-state index in [4.69, 9.17) is 13.7 Å². The van der Waals surface area contributed by atoms with Gasteiger partial charge in [-0.25, -0.2) is 0 Å². The first kappa shape index (κ1) is 21.6. The number of ether oxygens (including phenoxy) is 2. The predicted molar refractivity (Wildman–Crippen MR) is 94.7 cm³/mol. The normalized spacial score (nSPS) is 12.7. The third-order valence-corrected chi connectivity index (χ3v) is 5.03. The van der Waals surface area contributed by atoms with Crippen LogP contribution >= 0.6 is 0 Å². The molecule has 0 aromatic heterocycles. The molecule has 1 aromatic rings. The van der Waals surface area contributed by atoms with Gasteiger partial charge in [-0.1, -0.05) is 44.9 Å². The van der Waals surface area contributed by atoms with Crippen LogP contribution in [0.5, 0.6) is 0 Å². The van der Waals surface area contributed by atoms with Gasteiger partial charge in [-0.3, -0.25) is 8.98 Å². The Morgan fingerprint density at radius 3 is 2.36 bits per heavy atom. The zero-order valence-corrected chi connectivity index (χ0v) is 15.8. The molecule has 6 nitrogen and oxygen atoms in total. The van der Waals surface area contributed by atoms with Crippen LogP contribution in [0.15, 0.2) is 35.2 Å². The maximum Gasteiger partial charge on any atom is 0.308 e. The molecule has 0 spiro atoms. The molecule has 1 aromatic carbocycles. The van der Waals surface area contributed by atoms with Gasteiger partial charge in [0, 0.05) is 0 Å². The minimum absolute atomic E-state index is 0.0562. The second-order valence-electron chi connectivity index (χ2n) is 5.62. The molecule has 0 heterocycles. The highest BCUT2D eigenvalue weighted by atomic mass is 32.2. The van der Waals surface area contributed by atoms with E-state index in [0.29, 0.717) is 0 Å². The highest BCUT2D eigenvalue weighted by Gasteiger charge is 2.17. The lowest BCUT2D eigenvalue weighted by molar-refractivity contribution is -0.150. The van der Waals surface area contributed by atoms with Gasteiger partial charge in [0.25, 0.3) is 10.1 Å². The van der Waals surface area contributed by atoms with Gasteiger partial charge in [0.15, 0.2) is 0 Å². The van der Waals surface area contributed by atoms with E-state index in [0.717, 1.165) is 25.7 Å². The average molecular weight is 372 g/mol. The fourth-order valence-electron chi connectivity index (χ4n) is 2.22. The highest BCUT2D eigenvalue weighted by molar-refractivity contribution is 7.86. The summed E-state index contributed by atoms with van der Waals surface area (Å²) in [6.07, 6.45) is 3.68. The van der Waals surface area contributed by atoms with Crippen molar-refractivity contribution in [2.24, 2.45) is 5.92 Å². The Morgan fingerprint density at radius 1 is 1.04 bits per heavy atom. The number of carbonyl (C=O) groups excluding carboxylic acids is 1. The van der Waals surface area contributed by atoms with Crippen molar-refractivity contribution in [3.05, 3.63) is 30.3 Å². The quantitative estimate of drug-likeness (QED) is 0.301. The van der Waals surface area contributed by atoms with Crippen molar-refractivity contribution in [1.29, 1.82) is 0 Å². The third-order valence-electron chi connectivity index (χ3n) is 3.70. The summed E-state index contributed by atoms with van der Waals surface area (Å²) < 4.78 is 39.0. The topological polar surface area (TPSA) is 78.9 Å². The fourth-order valence-corrected chi connectivity index (χ4v) is 3.13. The second kappa shape index (κ2) is 12.0. The molecule has 0 N–H and O–H groups in total. The SMILES string of the molecule is CCCCC(CC)C(=O)OCCOCCOS(=O)(=O)c1ccccc1. The van der Waals surface area contributed by atoms with Crippen molar-refractivity contribution < 1.29 is 26.9 Å². The summed E-state index contributed by atoms with van der Waals surface area (Å²) in [6, 6.07) is 7.93. The Labute approximate surface area is 150 Å². The number of esters is 1. The van der Waals surface area contributed by atoms with Crippen molar-refractivity contribution in [3.63, 3.8) is 0 Å². The highest BCUT2D eigenvalue weighted by Crippen LogP contribution is 2.14. The number of hydrogen-bond donors (Lipinski definition) is 0. The van der Waals surface area contributed by atoms with Crippen LogP contribution in [0.25, 0.3) is 0 Å². The van der Waals surface area contributed by atoms with Gasteiger partial charge in [0.2, 0.25) is 0 Å². The predicted octanol–water partition coefficient (Wildman–Crippen LogP) is 3.17. The molecule has 7 heteroatoms. The van der Waals surface area contributed by atoms with Crippen LogP contribution in [0.4, 0.5) is 0 Å². The zero-order chi connectivity index (χ0) is 18.5. The van der Waals surface area contributed by atoms with Crippen molar-refractivity contribution in [2.45, 2.75) is 44.4 Å². The lowest BCUT2D eigenvalue weighted by atomic mass is 10.00. The van der Waals surface area contributed by atoms with E-state index in [-0.39, 0.29) is 43.2 Å². The number of benzene rings is 1. The Balaban J connectivity index is 2.15. The molecule has 1 atom stereocenters. The van der Waals surface area contributed by atoms with Gasteiger partial charge in [-0.05, 0) is 25.0 Å². The van der Waals surface area contributed by atoms with Crippen molar-refractivity contribution in [2.75, 3.05) is 26.4 Å². The summed E-state index contributed by atoms with van der Waals surface area (Å²) in [6.45, 7) is 4.46. The maximum atomic E-state index is 11.9. The zero-order valence-electron chi connectivity index (χ0n) is 15.0. The monoisotopic (exact) mass is 372 g/mol. The van der Waals surface area contributed by atoms with Gasteiger partial charge < -0.3 is 9.47 Å². The van der Waals surface area contributed by atoms with Gasteiger partial charge in [0.1, 0.15) is 6.61 Å². The van der Waals surface area contributed by atoms with E-state index < -0.39 is 10.1 Å². The maximum absolute atomic E-state index is 11.9. The minimum atomic E-state index is -3.76. The molecule has 1 unspecified atom stereocenters. The average Bonchev–Trinajstić information content (AvgIpc) is 2.62. The van der Waals surface area contributed by atoms with E-state index in [2.05, 4.69) is 6.92 Å². The molecule has 0 fully saturated rings. The lowest BCUT2D eigenvalue weighted by Crippen LogP contribution is -2.20. The smallest absolute Gasteiger partial charge is 0.308 e. The molecular formula is C18H28O6S. The molecule has 0 amide bonds. The standard InChI is InChI=1S/C18H28O6S/c1-3-5-9-16(4-2)18(19)23-14-12-22-13-15-24-25(20,21)17-10-7-6-8-11-17/h6-8,10-11,16H,3-5,9,12-15H2,1-2H3. The van der Waals surface area contributed by atoms with Crippen molar-refractivity contribution in [1.82, 2.24) is 0 Å². The number of carbonyl (C=O) groups is 1. The molecule has 25 heavy (non-hydrogen) atoms. The van der Waals surface area contributed by atoms with E-state index in [1.807, 2.05) is 6.92 Å². The van der Waals surface area contributed by atoms with E-state index in [1.165, 1.54) is 12.1 Å². The number of rotatable bonds is 13. The van der Waals surface area contributed by atoms with E-state index >= 15 is 0 Å². The molecule has 0 aliphatic heterocycles. The molecule has 0 aliphatic rings. The van der Waals surface area contributed by atoms with Crippen LogP contribution in [0, 0.1) is 5.92 Å². The van der Waals surface area contributed by atoms with Gasteiger partial charge >= 0.3 is 5.97 Å². The van der Waals surface area contributed by atoms with Crippen LogP contribution in [0.1, 0.15) is 39.5 Å². The van der Waals surface area contributed by atoms with Crippen molar-refractivity contribution in [3.8, 4) is 0 Å². The van der Waals surface area contributed by atoms with Crippen LogP contribution in [0.2, 0.25) is 0 Å². The summed E-state index contributed by atoms with van der Waals surface area (Å²) in [5.41, 5.74) is 0. The van der Waals surface area contributed by atoms with Crippen LogP contribution in [-0.2, 0) is 28.6 Å². The summed E-state index contributed by atoms with van der Waals surface area (Å²) >= 11 is 0. The summed E-state index contributed by atoms with van der Waals surface area (Å²) in [5.74, 6) is -0.248. The summed E-state index contributed by atoms with van der Waals surface area (Å²) in [4.78, 5) is 12.0. The molecular weight excluding hydrogens is 344 g/mol. The molecule has 0 aliphatic carbocycles. The largest absolute Gasteiger partial charge is 0.463 e. The van der Waals surface area contributed by atoms with Crippen LogP contribution in [0.3, 0.4) is 0 Å². The first-order valence-electron chi connectivity index (χ1n) is 8.70. The molecule has 142 valence electrons. The molecule has 0 bridgehead atoms. The fraction of sp³-hybridized carbons (Fsp3) is 0.611. The third kappa shape index (κ3) is 8.47. The first-order chi connectivity index (χ1) is 12.0. The van der Waals surface area contributed by atoms with E-state index in [1.54, 1.807) is 18.2 Å². The molecule has 1 rings (SSSR count). The van der Waals surface area contributed by atoms with E-state index in [9.17, 15) is 13.2 Å². The Morgan fingerprint density at radius 2 is 1.72 bits per heavy atom. The molecule has 0 saturated carbocycles. The summed E-state index contributed by atoms with van der Waals surface area (Å²) in [5, 5.41) is 0.